The summed E-state index contributed by atoms with van der Waals surface area (Å²) < 4.78 is 14.0. The Kier molecular flexibility index (Phi) is 6.53. The van der Waals surface area contributed by atoms with Crippen molar-refractivity contribution in [3.05, 3.63) is 206 Å². The van der Waals surface area contributed by atoms with E-state index >= 15 is 0 Å². The Morgan fingerprint density at radius 1 is 0.234 bits per heavy atom. The zero-order chi connectivity index (χ0) is 41.6. The van der Waals surface area contributed by atoms with Crippen molar-refractivity contribution in [2.75, 3.05) is 0 Å². The highest BCUT2D eigenvalue weighted by Gasteiger charge is 2.23. The lowest BCUT2D eigenvalue weighted by atomic mass is 10.1. The Bertz CT molecular complexity index is 4140. The van der Waals surface area contributed by atoms with Crippen molar-refractivity contribution < 1.29 is 0 Å². The maximum atomic E-state index is 5.42. The van der Waals surface area contributed by atoms with E-state index in [1.807, 2.05) is 0 Å². The average molecular weight is 819 g/mol. The van der Waals surface area contributed by atoms with Crippen molar-refractivity contribution in [3.8, 4) is 22.7 Å². The molecular weight excluding hydrogens is 785 g/mol. The molecule has 6 heterocycles. The fourth-order valence-corrected chi connectivity index (χ4v) is 10.7. The first-order chi connectivity index (χ1) is 31.8. The second-order valence-corrected chi connectivity index (χ2v) is 16.8. The largest absolute Gasteiger partial charge is 0.309 e. The fourth-order valence-electron chi connectivity index (χ4n) is 10.7. The Morgan fingerprint density at radius 3 is 1.06 bits per heavy atom. The van der Waals surface area contributed by atoms with Gasteiger partial charge in [0, 0.05) is 44.3 Å². The summed E-state index contributed by atoms with van der Waals surface area (Å²) >= 11 is 0. The van der Waals surface area contributed by atoms with Gasteiger partial charge in [0.25, 0.3) is 0 Å². The summed E-state index contributed by atoms with van der Waals surface area (Å²) in [7, 11) is 0. The Morgan fingerprint density at radius 2 is 0.609 bits per heavy atom. The molecule has 9 aromatic carbocycles. The fraction of sp³-hybridized carbons (Fsp3) is 0. The molecular formula is C56H34N8. The maximum absolute atomic E-state index is 5.42. The zero-order valence-corrected chi connectivity index (χ0v) is 34.2. The van der Waals surface area contributed by atoms with E-state index in [0.717, 1.165) is 78.4 Å². The molecule has 0 radical (unpaired) electrons. The molecule has 0 aliphatic rings. The van der Waals surface area contributed by atoms with Gasteiger partial charge < -0.3 is 9.13 Å². The number of nitrogens with zero attached hydrogens (tertiary/aromatic N) is 8. The average Bonchev–Trinajstić information content (AvgIpc) is 4.18. The van der Waals surface area contributed by atoms with Gasteiger partial charge in [0.2, 0.25) is 11.6 Å². The molecule has 0 aliphatic carbocycles. The number of hydrogen-bond donors (Lipinski definition) is 0. The highest BCUT2D eigenvalue weighted by Crippen LogP contribution is 2.39. The van der Waals surface area contributed by atoms with Crippen LogP contribution in [-0.2, 0) is 0 Å². The highest BCUT2D eigenvalue weighted by molar-refractivity contribution is 6.12. The second kappa shape index (κ2) is 12.4. The van der Waals surface area contributed by atoms with Gasteiger partial charge in [-0.2, -0.15) is 0 Å². The standard InChI is InChI=1S/C56H34N8/c1-3-15-35(16-4-1)59-45-21-9-7-19-39(45)41-31-37(27-29-47(41)59)61-49-23-11-13-25-51(49)63-53-34-54-44(33-43(53)57-55(61)63)58-56-62(50-24-12-14-26-52(50)64(54)56)38-28-30-48-42(32-38)40-20-8-10-22-46(40)60(48)36-17-5-2-6-18-36/h1-34H. The summed E-state index contributed by atoms with van der Waals surface area (Å²) in [6.45, 7) is 0. The summed E-state index contributed by atoms with van der Waals surface area (Å²) in [4.78, 5) is 10.8. The Balaban J connectivity index is 0.956. The van der Waals surface area contributed by atoms with Gasteiger partial charge in [-0.25, -0.2) is 9.97 Å². The predicted molar refractivity (Wildman–Crippen MR) is 261 cm³/mol. The van der Waals surface area contributed by atoms with Gasteiger partial charge in [-0.1, -0.05) is 97.1 Å². The van der Waals surface area contributed by atoms with E-state index in [9.17, 15) is 0 Å². The van der Waals surface area contributed by atoms with Crippen LogP contribution >= 0.6 is 0 Å². The van der Waals surface area contributed by atoms with Gasteiger partial charge >= 0.3 is 0 Å². The van der Waals surface area contributed by atoms with E-state index in [4.69, 9.17) is 9.97 Å². The van der Waals surface area contributed by atoms with Crippen LogP contribution in [0.4, 0.5) is 0 Å². The maximum Gasteiger partial charge on any atom is 0.220 e. The summed E-state index contributed by atoms with van der Waals surface area (Å²) in [6.07, 6.45) is 0. The van der Waals surface area contributed by atoms with Crippen molar-refractivity contribution >= 4 is 99.3 Å². The van der Waals surface area contributed by atoms with Crippen LogP contribution in [0.25, 0.3) is 122 Å². The third-order valence-corrected chi connectivity index (χ3v) is 13.4. The quantitative estimate of drug-likeness (QED) is 0.178. The number of aromatic nitrogens is 8. The topological polar surface area (TPSA) is 54.3 Å². The van der Waals surface area contributed by atoms with Crippen molar-refractivity contribution in [1.29, 1.82) is 0 Å². The SMILES string of the molecule is c1ccc(-n2c3ccccc3c3cc(-n4c5ccccc5n5c6cc7c(cc6nc45)nc4n(-c5ccc6c(c5)c5ccccc5n6-c5ccccc5)c5ccccc5n74)ccc32)cc1. The van der Waals surface area contributed by atoms with E-state index in [0.29, 0.717) is 0 Å². The Hall–Kier alpha value is -8.88. The van der Waals surface area contributed by atoms with Gasteiger partial charge in [-0.15, -0.1) is 0 Å². The van der Waals surface area contributed by atoms with E-state index < -0.39 is 0 Å². The number of benzene rings is 9. The van der Waals surface area contributed by atoms with E-state index in [-0.39, 0.29) is 0 Å². The predicted octanol–water partition coefficient (Wildman–Crippen LogP) is 13.4. The molecule has 8 heteroatoms. The van der Waals surface area contributed by atoms with Gasteiger partial charge in [0.1, 0.15) is 0 Å². The van der Waals surface area contributed by atoms with Crippen molar-refractivity contribution in [3.63, 3.8) is 0 Å². The molecule has 15 aromatic rings. The van der Waals surface area contributed by atoms with Crippen LogP contribution in [0.15, 0.2) is 206 Å². The number of fused-ring (bicyclic) bond motifs is 16. The smallest absolute Gasteiger partial charge is 0.220 e. The van der Waals surface area contributed by atoms with Crippen LogP contribution in [0, 0.1) is 0 Å². The highest BCUT2D eigenvalue weighted by atomic mass is 15.2. The summed E-state index contributed by atoms with van der Waals surface area (Å²) in [5.41, 5.74) is 17.4. The van der Waals surface area contributed by atoms with Crippen LogP contribution in [-0.4, -0.2) is 37.0 Å². The zero-order valence-electron chi connectivity index (χ0n) is 34.2. The number of rotatable bonds is 4. The molecule has 298 valence electrons. The monoisotopic (exact) mass is 818 g/mol. The van der Waals surface area contributed by atoms with E-state index in [1.165, 1.54) is 43.6 Å². The normalized spacial score (nSPS) is 12.4. The lowest BCUT2D eigenvalue weighted by molar-refractivity contribution is 1.11. The summed E-state index contributed by atoms with van der Waals surface area (Å²) in [6, 6.07) is 73.9. The first-order valence-corrected chi connectivity index (χ1v) is 21.7. The molecule has 0 N–H and O–H groups in total. The molecule has 15 rings (SSSR count). The third-order valence-electron chi connectivity index (χ3n) is 13.4. The molecule has 0 saturated heterocycles. The van der Waals surface area contributed by atoms with Crippen molar-refractivity contribution in [1.82, 2.24) is 37.0 Å². The lowest BCUT2D eigenvalue weighted by Gasteiger charge is -2.09. The number of para-hydroxylation sites is 8. The molecule has 6 aromatic heterocycles. The van der Waals surface area contributed by atoms with Crippen LogP contribution in [0.3, 0.4) is 0 Å². The van der Waals surface area contributed by atoms with Crippen LogP contribution in [0.1, 0.15) is 0 Å². The molecule has 64 heavy (non-hydrogen) atoms. The van der Waals surface area contributed by atoms with Crippen molar-refractivity contribution in [2.24, 2.45) is 0 Å². The van der Waals surface area contributed by atoms with Gasteiger partial charge in [-0.05, 0) is 109 Å². The molecule has 0 atom stereocenters. The Labute approximate surface area is 363 Å². The molecule has 0 saturated carbocycles. The van der Waals surface area contributed by atoms with Crippen LogP contribution in [0.2, 0.25) is 0 Å². The summed E-state index contributed by atoms with van der Waals surface area (Å²) in [5, 5.41) is 4.83. The molecule has 0 fully saturated rings. The van der Waals surface area contributed by atoms with Gasteiger partial charge in [0.15, 0.2) is 0 Å². The minimum atomic E-state index is 0.863. The number of imidazole rings is 4. The summed E-state index contributed by atoms with van der Waals surface area (Å²) in [5.74, 6) is 1.73. The first kappa shape index (κ1) is 33.8. The van der Waals surface area contributed by atoms with E-state index in [1.54, 1.807) is 0 Å². The first-order valence-electron chi connectivity index (χ1n) is 21.7. The number of hydrogen-bond acceptors (Lipinski definition) is 2. The van der Waals surface area contributed by atoms with Crippen molar-refractivity contribution in [2.45, 2.75) is 0 Å². The van der Waals surface area contributed by atoms with Crippen LogP contribution < -0.4 is 0 Å². The minimum absolute atomic E-state index is 0.863. The molecule has 0 amide bonds. The molecule has 0 spiro atoms. The van der Waals surface area contributed by atoms with Gasteiger partial charge in [0.05, 0.1) is 66.2 Å². The third kappa shape index (κ3) is 4.40. The second-order valence-electron chi connectivity index (χ2n) is 16.8. The van der Waals surface area contributed by atoms with E-state index in [2.05, 4.69) is 233 Å². The molecule has 8 nitrogen and oxygen atoms in total. The lowest BCUT2D eigenvalue weighted by Crippen LogP contribution is -1.96. The molecule has 0 aliphatic heterocycles. The minimum Gasteiger partial charge on any atom is -0.309 e. The van der Waals surface area contributed by atoms with Gasteiger partial charge in [-0.3, -0.25) is 17.9 Å². The molecule has 0 bridgehead atoms. The van der Waals surface area contributed by atoms with Crippen LogP contribution in [0.5, 0.6) is 0 Å². The molecule has 0 unspecified atom stereocenters.